The maximum atomic E-state index is 4.64. The van der Waals surface area contributed by atoms with Gasteiger partial charge in [0.2, 0.25) is 0 Å². The number of nitrogens with one attached hydrogen (secondary N) is 1. The van der Waals surface area contributed by atoms with Crippen LogP contribution in [0.1, 0.15) is 25.8 Å². The lowest BCUT2D eigenvalue weighted by atomic mass is 10.2. The van der Waals surface area contributed by atoms with Gasteiger partial charge in [-0.15, -0.1) is 0 Å². The molecule has 0 bridgehead atoms. The Hall–Kier alpha value is -2.10. The number of nitrogens with zero attached hydrogens (tertiary/aromatic N) is 3. The second kappa shape index (κ2) is 6.89. The molecule has 20 heavy (non-hydrogen) atoms. The Labute approximate surface area is 120 Å². The van der Waals surface area contributed by atoms with Crippen molar-refractivity contribution in [3.63, 3.8) is 0 Å². The normalized spacial score (nSPS) is 10.3. The van der Waals surface area contributed by atoms with Gasteiger partial charge in [0.1, 0.15) is 5.82 Å². The molecular weight excluding hydrogens is 248 g/mol. The quantitative estimate of drug-likeness (QED) is 0.867. The summed E-state index contributed by atoms with van der Waals surface area (Å²) >= 11 is 0. The summed E-state index contributed by atoms with van der Waals surface area (Å²) in [5.41, 5.74) is 2.39. The lowest BCUT2D eigenvalue weighted by Crippen LogP contribution is -2.18. The van der Waals surface area contributed by atoms with Gasteiger partial charge < -0.3 is 10.2 Å². The molecule has 0 aliphatic carbocycles. The molecule has 1 N–H and O–H groups in total. The van der Waals surface area contributed by atoms with Gasteiger partial charge in [-0.25, -0.2) is 4.98 Å². The number of hydrogen-bond donors (Lipinski definition) is 1. The lowest BCUT2D eigenvalue weighted by Gasteiger charge is -2.22. The molecule has 4 heteroatoms. The van der Waals surface area contributed by atoms with Crippen molar-refractivity contribution < 1.29 is 0 Å². The number of aryl methyl sites for hydroxylation is 1. The fraction of sp³-hybridized carbons (Fsp3) is 0.375. The first-order valence-electron chi connectivity index (χ1n) is 7.14. The van der Waals surface area contributed by atoms with E-state index in [-0.39, 0.29) is 0 Å². The monoisotopic (exact) mass is 270 g/mol. The summed E-state index contributed by atoms with van der Waals surface area (Å²) in [6.45, 7) is 8.12. The maximum Gasteiger partial charge on any atom is 0.153 e. The summed E-state index contributed by atoms with van der Waals surface area (Å²) in [5.74, 6) is 1.70. The van der Waals surface area contributed by atoms with Crippen LogP contribution in [0.2, 0.25) is 0 Å². The van der Waals surface area contributed by atoms with Gasteiger partial charge in [-0.05, 0) is 38.0 Å². The van der Waals surface area contributed by atoms with Crippen molar-refractivity contribution >= 4 is 17.3 Å². The zero-order valence-electron chi connectivity index (χ0n) is 12.4. The molecule has 0 atom stereocenters. The SMILES string of the molecule is CCCNc1cncc(N(CC)c2cccc(C)c2)n1. The zero-order chi connectivity index (χ0) is 14.4. The molecule has 4 nitrogen and oxygen atoms in total. The van der Waals surface area contributed by atoms with E-state index in [0.29, 0.717) is 0 Å². The van der Waals surface area contributed by atoms with Gasteiger partial charge in [0.15, 0.2) is 5.82 Å². The van der Waals surface area contributed by atoms with Crippen LogP contribution < -0.4 is 10.2 Å². The van der Waals surface area contributed by atoms with E-state index in [2.05, 4.69) is 65.2 Å². The first-order valence-corrected chi connectivity index (χ1v) is 7.14. The van der Waals surface area contributed by atoms with Gasteiger partial charge in [0.25, 0.3) is 0 Å². The molecule has 0 unspecified atom stereocenters. The molecule has 1 aromatic carbocycles. The van der Waals surface area contributed by atoms with Crippen LogP contribution in [0, 0.1) is 6.92 Å². The van der Waals surface area contributed by atoms with Crippen molar-refractivity contribution in [1.82, 2.24) is 9.97 Å². The van der Waals surface area contributed by atoms with Crippen LogP contribution in [0.4, 0.5) is 17.3 Å². The Bertz CT molecular complexity index is 554. The molecule has 2 rings (SSSR count). The zero-order valence-corrected chi connectivity index (χ0v) is 12.4. The molecule has 0 saturated heterocycles. The molecule has 0 amide bonds. The van der Waals surface area contributed by atoms with Crippen LogP contribution in [-0.2, 0) is 0 Å². The van der Waals surface area contributed by atoms with Crippen molar-refractivity contribution in [3.8, 4) is 0 Å². The van der Waals surface area contributed by atoms with Crippen LogP contribution in [0.15, 0.2) is 36.7 Å². The van der Waals surface area contributed by atoms with Crippen molar-refractivity contribution in [2.75, 3.05) is 23.3 Å². The highest BCUT2D eigenvalue weighted by Crippen LogP contribution is 2.24. The second-order valence-electron chi connectivity index (χ2n) is 4.77. The summed E-state index contributed by atoms with van der Waals surface area (Å²) in [6.07, 6.45) is 4.65. The van der Waals surface area contributed by atoms with E-state index >= 15 is 0 Å². The number of anilines is 3. The minimum Gasteiger partial charge on any atom is -0.369 e. The van der Waals surface area contributed by atoms with E-state index in [1.165, 1.54) is 5.56 Å². The van der Waals surface area contributed by atoms with Crippen molar-refractivity contribution in [2.24, 2.45) is 0 Å². The van der Waals surface area contributed by atoms with Crippen LogP contribution in [0.3, 0.4) is 0 Å². The van der Waals surface area contributed by atoms with Crippen molar-refractivity contribution in [1.29, 1.82) is 0 Å². The fourth-order valence-corrected chi connectivity index (χ4v) is 2.10. The Kier molecular flexibility index (Phi) is 4.93. The summed E-state index contributed by atoms with van der Waals surface area (Å²) in [5, 5.41) is 3.28. The van der Waals surface area contributed by atoms with Crippen LogP contribution in [0.5, 0.6) is 0 Å². The fourth-order valence-electron chi connectivity index (χ4n) is 2.10. The predicted molar refractivity (Wildman–Crippen MR) is 84.7 cm³/mol. The van der Waals surface area contributed by atoms with Crippen LogP contribution in [-0.4, -0.2) is 23.1 Å². The maximum absolute atomic E-state index is 4.64. The number of rotatable bonds is 6. The third kappa shape index (κ3) is 3.47. The smallest absolute Gasteiger partial charge is 0.153 e. The Balaban J connectivity index is 2.27. The molecule has 0 radical (unpaired) electrons. The molecule has 0 aliphatic heterocycles. The molecule has 2 aromatic rings. The standard InChI is InChI=1S/C16H22N4/c1-4-9-18-15-11-17-12-16(19-15)20(5-2)14-8-6-7-13(3)10-14/h6-8,10-12H,4-5,9H2,1-3H3,(H,18,19). The van der Waals surface area contributed by atoms with Gasteiger partial charge >= 0.3 is 0 Å². The molecule has 0 spiro atoms. The molecule has 0 fully saturated rings. The van der Waals surface area contributed by atoms with Gasteiger partial charge in [0, 0.05) is 18.8 Å². The first kappa shape index (κ1) is 14.3. The van der Waals surface area contributed by atoms with E-state index < -0.39 is 0 Å². The number of aromatic nitrogens is 2. The van der Waals surface area contributed by atoms with Crippen LogP contribution >= 0.6 is 0 Å². The third-order valence-corrected chi connectivity index (χ3v) is 3.08. The van der Waals surface area contributed by atoms with Gasteiger partial charge in [0.05, 0.1) is 12.4 Å². The largest absolute Gasteiger partial charge is 0.369 e. The van der Waals surface area contributed by atoms with Crippen molar-refractivity contribution in [3.05, 3.63) is 42.2 Å². The predicted octanol–water partition coefficient (Wildman–Crippen LogP) is 3.76. The van der Waals surface area contributed by atoms with E-state index in [1.54, 1.807) is 6.20 Å². The second-order valence-corrected chi connectivity index (χ2v) is 4.77. The van der Waals surface area contributed by atoms with E-state index in [0.717, 1.165) is 36.8 Å². The topological polar surface area (TPSA) is 41.1 Å². The van der Waals surface area contributed by atoms with Gasteiger partial charge in [-0.3, -0.25) is 4.98 Å². The minimum absolute atomic E-state index is 0.829. The Morgan fingerprint density at radius 2 is 2.05 bits per heavy atom. The minimum atomic E-state index is 0.829. The Morgan fingerprint density at radius 1 is 1.20 bits per heavy atom. The highest BCUT2D eigenvalue weighted by atomic mass is 15.2. The molecule has 1 aromatic heterocycles. The van der Waals surface area contributed by atoms with Crippen LogP contribution in [0.25, 0.3) is 0 Å². The first-order chi connectivity index (χ1) is 9.74. The highest BCUT2D eigenvalue weighted by molar-refractivity contribution is 5.61. The van der Waals surface area contributed by atoms with Gasteiger partial charge in [-0.1, -0.05) is 19.1 Å². The molecule has 1 heterocycles. The van der Waals surface area contributed by atoms with Gasteiger partial charge in [-0.2, -0.15) is 0 Å². The number of hydrogen-bond acceptors (Lipinski definition) is 4. The molecular formula is C16H22N4. The van der Waals surface area contributed by atoms with E-state index in [4.69, 9.17) is 0 Å². The van der Waals surface area contributed by atoms with Crippen molar-refractivity contribution in [2.45, 2.75) is 27.2 Å². The third-order valence-electron chi connectivity index (χ3n) is 3.08. The van der Waals surface area contributed by atoms with E-state index in [1.807, 2.05) is 6.20 Å². The average molecular weight is 270 g/mol. The Morgan fingerprint density at radius 3 is 2.75 bits per heavy atom. The molecule has 0 aliphatic rings. The summed E-state index contributed by atoms with van der Waals surface area (Å²) in [6, 6.07) is 8.43. The summed E-state index contributed by atoms with van der Waals surface area (Å²) in [4.78, 5) is 11.1. The molecule has 106 valence electrons. The average Bonchev–Trinajstić information content (AvgIpc) is 2.46. The summed E-state index contributed by atoms with van der Waals surface area (Å²) in [7, 11) is 0. The highest BCUT2D eigenvalue weighted by Gasteiger charge is 2.09. The summed E-state index contributed by atoms with van der Waals surface area (Å²) < 4.78 is 0. The van der Waals surface area contributed by atoms with E-state index in [9.17, 15) is 0 Å². The number of benzene rings is 1. The lowest BCUT2D eigenvalue weighted by molar-refractivity contribution is 0.944. The molecule has 0 saturated carbocycles.